The number of sulfonamides is 1. The van der Waals surface area contributed by atoms with Gasteiger partial charge in [-0.05, 0) is 27.7 Å². The van der Waals surface area contributed by atoms with E-state index in [0.29, 0.717) is 0 Å². The molecule has 0 aromatic heterocycles. The lowest BCUT2D eigenvalue weighted by Gasteiger charge is -2.20. The SMILES string of the molecule is CC(CN)S(=O)(=O)NCCC(=O)NC(C)(C)C. The van der Waals surface area contributed by atoms with Crippen LogP contribution in [0.2, 0.25) is 0 Å². The largest absolute Gasteiger partial charge is 0.351 e. The third-order valence-corrected chi connectivity index (χ3v) is 3.89. The Morgan fingerprint density at radius 3 is 2.29 bits per heavy atom. The van der Waals surface area contributed by atoms with Crippen LogP contribution in [0, 0.1) is 0 Å². The van der Waals surface area contributed by atoms with Crippen molar-refractivity contribution in [1.82, 2.24) is 10.0 Å². The standard InChI is InChI=1S/C10H23N3O3S/c1-8(7-11)17(15,16)12-6-5-9(14)13-10(2,3)4/h8,12H,5-7,11H2,1-4H3,(H,13,14). The fraction of sp³-hybridized carbons (Fsp3) is 0.900. The molecule has 0 fully saturated rings. The normalized spacial score (nSPS) is 14.4. The molecule has 0 bridgehead atoms. The number of hydrogen-bond donors (Lipinski definition) is 3. The summed E-state index contributed by atoms with van der Waals surface area (Å²) in [5, 5.41) is 2.10. The van der Waals surface area contributed by atoms with Crippen LogP contribution in [0.5, 0.6) is 0 Å². The summed E-state index contributed by atoms with van der Waals surface area (Å²) in [5.41, 5.74) is 4.97. The molecular formula is C10H23N3O3S. The van der Waals surface area contributed by atoms with E-state index in [1.54, 1.807) is 0 Å². The van der Waals surface area contributed by atoms with E-state index < -0.39 is 15.3 Å². The zero-order valence-electron chi connectivity index (χ0n) is 10.9. The third-order valence-electron chi connectivity index (χ3n) is 2.03. The maximum Gasteiger partial charge on any atom is 0.221 e. The maximum atomic E-state index is 11.5. The van der Waals surface area contributed by atoms with Gasteiger partial charge in [0, 0.05) is 25.0 Å². The molecule has 17 heavy (non-hydrogen) atoms. The summed E-state index contributed by atoms with van der Waals surface area (Å²) in [6.07, 6.45) is 0.119. The summed E-state index contributed by atoms with van der Waals surface area (Å²) in [6, 6.07) is 0. The first-order valence-corrected chi connectivity index (χ1v) is 7.12. The molecule has 0 rings (SSSR count). The highest BCUT2D eigenvalue weighted by Gasteiger charge is 2.19. The molecule has 0 saturated carbocycles. The monoisotopic (exact) mass is 265 g/mol. The van der Waals surface area contributed by atoms with Crippen LogP contribution in [0.4, 0.5) is 0 Å². The second-order valence-corrected chi connectivity index (χ2v) is 7.22. The van der Waals surface area contributed by atoms with Gasteiger partial charge in [0.1, 0.15) is 0 Å². The van der Waals surface area contributed by atoms with Crippen LogP contribution in [-0.2, 0) is 14.8 Å². The van der Waals surface area contributed by atoms with Gasteiger partial charge in [-0.1, -0.05) is 0 Å². The van der Waals surface area contributed by atoms with Gasteiger partial charge in [-0.2, -0.15) is 0 Å². The van der Waals surface area contributed by atoms with Crippen LogP contribution < -0.4 is 15.8 Å². The lowest BCUT2D eigenvalue weighted by atomic mass is 10.1. The molecule has 0 heterocycles. The molecule has 0 aromatic rings. The minimum Gasteiger partial charge on any atom is -0.351 e. The van der Waals surface area contributed by atoms with Gasteiger partial charge in [0.2, 0.25) is 15.9 Å². The molecule has 0 saturated heterocycles. The predicted octanol–water partition coefficient (Wildman–Crippen LogP) is -0.442. The topological polar surface area (TPSA) is 101 Å². The summed E-state index contributed by atoms with van der Waals surface area (Å²) in [4.78, 5) is 11.4. The first kappa shape index (κ1) is 16.3. The van der Waals surface area contributed by atoms with E-state index in [0.717, 1.165) is 0 Å². The molecule has 1 amide bonds. The summed E-state index contributed by atoms with van der Waals surface area (Å²) < 4.78 is 25.4. The van der Waals surface area contributed by atoms with Crippen LogP contribution in [-0.4, -0.2) is 38.2 Å². The zero-order valence-corrected chi connectivity index (χ0v) is 11.7. The predicted molar refractivity (Wildman–Crippen MR) is 68.0 cm³/mol. The van der Waals surface area contributed by atoms with Crippen LogP contribution in [0.25, 0.3) is 0 Å². The fourth-order valence-electron chi connectivity index (χ4n) is 1.06. The van der Waals surface area contributed by atoms with Crippen molar-refractivity contribution >= 4 is 15.9 Å². The summed E-state index contributed by atoms with van der Waals surface area (Å²) >= 11 is 0. The van der Waals surface area contributed by atoms with E-state index in [1.807, 2.05) is 20.8 Å². The molecule has 0 aliphatic rings. The Labute approximate surface area is 103 Å². The molecule has 1 atom stereocenters. The van der Waals surface area contributed by atoms with Crippen molar-refractivity contribution in [1.29, 1.82) is 0 Å². The van der Waals surface area contributed by atoms with Gasteiger partial charge < -0.3 is 11.1 Å². The number of rotatable bonds is 6. The zero-order chi connectivity index (χ0) is 13.7. The Bertz CT molecular complexity index is 346. The van der Waals surface area contributed by atoms with E-state index in [-0.39, 0.29) is 31.0 Å². The molecule has 7 heteroatoms. The Hall–Kier alpha value is -0.660. The number of amides is 1. The summed E-state index contributed by atoms with van der Waals surface area (Å²) in [5.74, 6) is -0.180. The smallest absolute Gasteiger partial charge is 0.221 e. The van der Waals surface area contributed by atoms with Crippen molar-refractivity contribution in [2.45, 2.75) is 44.9 Å². The van der Waals surface area contributed by atoms with E-state index in [1.165, 1.54) is 6.92 Å². The van der Waals surface area contributed by atoms with Gasteiger partial charge in [-0.15, -0.1) is 0 Å². The van der Waals surface area contributed by atoms with E-state index >= 15 is 0 Å². The molecule has 4 N–H and O–H groups in total. The molecule has 0 spiro atoms. The van der Waals surface area contributed by atoms with Gasteiger partial charge >= 0.3 is 0 Å². The van der Waals surface area contributed by atoms with Crippen molar-refractivity contribution in [2.24, 2.45) is 5.73 Å². The average molecular weight is 265 g/mol. The van der Waals surface area contributed by atoms with Crippen molar-refractivity contribution in [3.8, 4) is 0 Å². The molecule has 6 nitrogen and oxygen atoms in total. The highest BCUT2D eigenvalue weighted by Crippen LogP contribution is 1.99. The van der Waals surface area contributed by atoms with Crippen molar-refractivity contribution in [3.05, 3.63) is 0 Å². The van der Waals surface area contributed by atoms with E-state index in [9.17, 15) is 13.2 Å². The highest BCUT2D eigenvalue weighted by molar-refractivity contribution is 7.90. The second kappa shape index (κ2) is 6.32. The number of carbonyl (C=O) groups excluding carboxylic acids is 1. The van der Waals surface area contributed by atoms with Gasteiger partial charge in [-0.3, -0.25) is 4.79 Å². The Balaban J connectivity index is 4.05. The van der Waals surface area contributed by atoms with E-state index in [4.69, 9.17) is 5.73 Å². The molecule has 0 aliphatic heterocycles. The Morgan fingerprint density at radius 1 is 1.35 bits per heavy atom. The lowest BCUT2D eigenvalue weighted by molar-refractivity contribution is -0.122. The average Bonchev–Trinajstić information content (AvgIpc) is 2.13. The van der Waals surface area contributed by atoms with Gasteiger partial charge in [0.15, 0.2) is 0 Å². The Morgan fingerprint density at radius 2 is 1.88 bits per heavy atom. The fourth-order valence-corrected chi connectivity index (χ4v) is 1.98. The Kier molecular flexibility index (Phi) is 6.08. The first-order chi connectivity index (χ1) is 7.58. The molecule has 0 aromatic carbocycles. The van der Waals surface area contributed by atoms with Crippen LogP contribution >= 0.6 is 0 Å². The number of hydrogen-bond acceptors (Lipinski definition) is 4. The maximum absolute atomic E-state index is 11.5. The first-order valence-electron chi connectivity index (χ1n) is 5.58. The third kappa shape index (κ3) is 7.30. The minimum absolute atomic E-state index is 0.0590. The van der Waals surface area contributed by atoms with Crippen LogP contribution in [0.15, 0.2) is 0 Å². The van der Waals surface area contributed by atoms with E-state index in [2.05, 4.69) is 10.0 Å². The molecule has 1 unspecified atom stereocenters. The molecular weight excluding hydrogens is 242 g/mol. The quantitative estimate of drug-likeness (QED) is 0.606. The van der Waals surface area contributed by atoms with Crippen molar-refractivity contribution in [2.75, 3.05) is 13.1 Å². The number of nitrogens with one attached hydrogen (secondary N) is 2. The second-order valence-electron chi connectivity index (χ2n) is 5.03. The minimum atomic E-state index is -3.40. The van der Waals surface area contributed by atoms with Crippen molar-refractivity contribution in [3.63, 3.8) is 0 Å². The lowest BCUT2D eigenvalue weighted by Crippen LogP contribution is -2.43. The van der Waals surface area contributed by atoms with Crippen LogP contribution in [0.3, 0.4) is 0 Å². The molecule has 0 aliphatic carbocycles. The van der Waals surface area contributed by atoms with Crippen LogP contribution in [0.1, 0.15) is 34.1 Å². The molecule has 102 valence electrons. The summed E-state index contributed by atoms with van der Waals surface area (Å²) in [6.45, 7) is 7.28. The highest BCUT2D eigenvalue weighted by atomic mass is 32.2. The number of carbonyl (C=O) groups is 1. The molecule has 0 radical (unpaired) electrons. The van der Waals surface area contributed by atoms with Gasteiger partial charge in [0.05, 0.1) is 5.25 Å². The van der Waals surface area contributed by atoms with Gasteiger partial charge in [-0.25, -0.2) is 13.1 Å². The van der Waals surface area contributed by atoms with Gasteiger partial charge in [0.25, 0.3) is 0 Å². The summed E-state index contributed by atoms with van der Waals surface area (Å²) in [7, 11) is -3.40. The van der Waals surface area contributed by atoms with Crippen molar-refractivity contribution < 1.29 is 13.2 Å². The number of nitrogens with two attached hydrogens (primary N) is 1.